The summed E-state index contributed by atoms with van der Waals surface area (Å²) in [5.74, 6) is -1.62. The van der Waals surface area contributed by atoms with Gasteiger partial charge >= 0.3 is 0 Å². The fourth-order valence-corrected chi connectivity index (χ4v) is 4.50. The van der Waals surface area contributed by atoms with Crippen LogP contribution in [-0.4, -0.2) is 52.6 Å². The highest BCUT2D eigenvalue weighted by Crippen LogP contribution is 2.41. The lowest BCUT2D eigenvalue weighted by Gasteiger charge is -2.48. The first-order valence-corrected chi connectivity index (χ1v) is 9.67. The van der Waals surface area contributed by atoms with E-state index in [-0.39, 0.29) is 11.8 Å². The zero-order valence-corrected chi connectivity index (χ0v) is 16.2. The van der Waals surface area contributed by atoms with Gasteiger partial charge in [0.25, 0.3) is 0 Å². The topological polar surface area (TPSA) is 82.1 Å². The molecule has 2 heterocycles. The fourth-order valence-electron chi connectivity index (χ4n) is 4.50. The van der Waals surface area contributed by atoms with Crippen LogP contribution in [0.2, 0.25) is 0 Å². The van der Waals surface area contributed by atoms with E-state index < -0.39 is 17.2 Å². The molecular weight excluding hydrogens is 378 g/mol. The third-order valence-electron chi connectivity index (χ3n) is 6.01. The highest BCUT2D eigenvalue weighted by molar-refractivity contribution is 5.60. The second-order valence-corrected chi connectivity index (χ2v) is 7.46. The Balaban J connectivity index is 1.61. The zero-order valence-electron chi connectivity index (χ0n) is 16.2. The van der Waals surface area contributed by atoms with E-state index in [4.69, 9.17) is 10.5 Å². The summed E-state index contributed by atoms with van der Waals surface area (Å²) in [7, 11) is 1.69. The second kappa shape index (κ2) is 8.00. The van der Waals surface area contributed by atoms with E-state index in [0.717, 1.165) is 25.1 Å². The Morgan fingerprint density at radius 2 is 2.17 bits per heavy atom. The minimum atomic E-state index is -0.839. The minimum Gasteiger partial charge on any atom is -0.373 e. The van der Waals surface area contributed by atoms with Crippen molar-refractivity contribution in [2.75, 3.05) is 31.6 Å². The number of halogens is 2. The normalized spacial score (nSPS) is 27.2. The third kappa shape index (κ3) is 3.56. The third-order valence-corrected chi connectivity index (χ3v) is 6.01. The van der Waals surface area contributed by atoms with Crippen LogP contribution in [0.15, 0.2) is 42.8 Å². The number of methoxy groups -OCH3 is 1. The molecule has 2 N–H and O–H groups in total. The minimum absolute atomic E-state index is 0.0772. The van der Waals surface area contributed by atoms with Crippen LogP contribution >= 0.6 is 0 Å². The van der Waals surface area contributed by atoms with Crippen molar-refractivity contribution in [2.24, 2.45) is 17.6 Å². The number of tetrazole rings is 1. The predicted molar refractivity (Wildman–Crippen MR) is 105 cm³/mol. The van der Waals surface area contributed by atoms with Gasteiger partial charge in [-0.15, -0.1) is 5.10 Å². The number of hydrogen-bond donors (Lipinski definition) is 1. The molecule has 1 aromatic carbocycles. The van der Waals surface area contributed by atoms with Crippen LogP contribution in [0.1, 0.15) is 12.8 Å². The van der Waals surface area contributed by atoms with E-state index in [1.54, 1.807) is 17.9 Å². The number of ether oxygens (including phenoxy) is 1. The molecule has 0 saturated carbocycles. The van der Waals surface area contributed by atoms with Crippen LogP contribution in [0.25, 0.3) is 5.70 Å². The van der Waals surface area contributed by atoms with E-state index in [2.05, 4.69) is 20.4 Å². The predicted octanol–water partition coefficient (Wildman–Crippen LogP) is 2.24. The summed E-state index contributed by atoms with van der Waals surface area (Å²) in [6.45, 7) is 1.84. The van der Waals surface area contributed by atoms with Gasteiger partial charge in [0.05, 0.1) is 11.3 Å². The van der Waals surface area contributed by atoms with Gasteiger partial charge in [0.15, 0.2) is 11.6 Å². The Bertz CT molecular complexity index is 916. The summed E-state index contributed by atoms with van der Waals surface area (Å²) in [4.78, 5) is 2.08. The highest BCUT2D eigenvalue weighted by Gasteiger charge is 2.45. The molecule has 154 valence electrons. The fraction of sp³-hybridized carbons (Fsp3) is 0.450. The number of nitrogens with zero attached hydrogens (tertiary/aromatic N) is 5. The summed E-state index contributed by atoms with van der Waals surface area (Å²) in [5, 5.41) is 11.3. The van der Waals surface area contributed by atoms with E-state index in [0.29, 0.717) is 18.8 Å². The molecule has 1 saturated heterocycles. The smallest absolute Gasteiger partial charge is 0.160 e. The van der Waals surface area contributed by atoms with E-state index in [1.165, 1.54) is 18.5 Å². The lowest BCUT2D eigenvalue weighted by molar-refractivity contribution is -0.0522. The molecule has 3 unspecified atom stereocenters. The van der Waals surface area contributed by atoms with Crippen molar-refractivity contribution in [3.05, 3.63) is 54.4 Å². The summed E-state index contributed by atoms with van der Waals surface area (Å²) in [6.07, 6.45) is 9.43. The Labute approximate surface area is 167 Å². The number of allylic oxidation sites excluding steroid dienone is 2. The molecule has 1 aliphatic carbocycles. The maximum Gasteiger partial charge on any atom is 0.160 e. The molecule has 0 spiro atoms. The number of hydrogen-bond acceptors (Lipinski definition) is 6. The summed E-state index contributed by atoms with van der Waals surface area (Å²) >= 11 is 0. The van der Waals surface area contributed by atoms with Crippen LogP contribution in [0.4, 0.5) is 14.5 Å². The van der Waals surface area contributed by atoms with Gasteiger partial charge in [-0.1, -0.05) is 6.08 Å². The zero-order chi connectivity index (χ0) is 20.4. The number of aromatic nitrogens is 4. The quantitative estimate of drug-likeness (QED) is 0.826. The first kappa shape index (κ1) is 19.7. The number of piperidine rings is 1. The van der Waals surface area contributed by atoms with Gasteiger partial charge in [-0.25, -0.2) is 13.5 Å². The van der Waals surface area contributed by atoms with Gasteiger partial charge in [-0.05, 0) is 47.6 Å². The number of benzene rings is 1. The first-order valence-electron chi connectivity index (χ1n) is 9.67. The summed E-state index contributed by atoms with van der Waals surface area (Å²) in [5.41, 5.74) is 7.06. The maximum absolute atomic E-state index is 13.7. The Morgan fingerprint density at radius 3 is 2.86 bits per heavy atom. The Morgan fingerprint density at radius 1 is 1.31 bits per heavy atom. The maximum atomic E-state index is 13.7. The Hall–Kier alpha value is -2.65. The molecule has 1 aromatic heterocycles. The van der Waals surface area contributed by atoms with E-state index in [1.807, 2.05) is 18.2 Å². The molecule has 7 nitrogen and oxygen atoms in total. The molecule has 3 atom stereocenters. The van der Waals surface area contributed by atoms with Crippen LogP contribution in [0.5, 0.6) is 0 Å². The average molecular weight is 402 g/mol. The average Bonchev–Trinajstić information content (AvgIpc) is 3.30. The molecule has 2 aliphatic rings. The van der Waals surface area contributed by atoms with Crippen molar-refractivity contribution in [2.45, 2.75) is 18.4 Å². The molecule has 0 amide bonds. The van der Waals surface area contributed by atoms with Crippen molar-refractivity contribution in [3.8, 4) is 0 Å². The van der Waals surface area contributed by atoms with Crippen molar-refractivity contribution in [1.29, 1.82) is 0 Å². The number of rotatable bonds is 5. The molecule has 2 aromatic rings. The SMILES string of the molecule is COC1(C2CCCN(c3ccc(F)c(F)c3)C2)C=CC(n2cnnn2)=CC1CN. The van der Waals surface area contributed by atoms with Gasteiger partial charge < -0.3 is 15.4 Å². The Kier molecular flexibility index (Phi) is 5.42. The van der Waals surface area contributed by atoms with Gasteiger partial charge in [0, 0.05) is 50.3 Å². The number of nitrogens with two attached hydrogens (primary N) is 1. The lowest BCUT2D eigenvalue weighted by atomic mass is 9.70. The van der Waals surface area contributed by atoms with Crippen LogP contribution in [-0.2, 0) is 4.74 Å². The van der Waals surface area contributed by atoms with E-state index >= 15 is 0 Å². The van der Waals surface area contributed by atoms with Crippen molar-refractivity contribution in [3.63, 3.8) is 0 Å². The van der Waals surface area contributed by atoms with Crippen molar-refractivity contribution in [1.82, 2.24) is 20.2 Å². The second-order valence-electron chi connectivity index (χ2n) is 7.46. The van der Waals surface area contributed by atoms with Gasteiger partial charge in [0.1, 0.15) is 6.33 Å². The molecule has 0 radical (unpaired) electrons. The van der Waals surface area contributed by atoms with Gasteiger partial charge in [-0.2, -0.15) is 0 Å². The molecule has 1 aliphatic heterocycles. The lowest BCUT2D eigenvalue weighted by Crippen LogP contribution is -2.54. The van der Waals surface area contributed by atoms with Crippen LogP contribution in [0.3, 0.4) is 0 Å². The van der Waals surface area contributed by atoms with Crippen molar-refractivity contribution >= 4 is 11.4 Å². The molecular formula is C20H24F2N6O. The first-order chi connectivity index (χ1) is 14.1. The molecule has 1 fully saturated rings. The summed E-state index contributed by atoms with van der Waals surface area (Å²) < 4.78 is 34.8. The van der Waals surface area contributed by atoms with Gasteiger partial charge in [0.2, 0.25) is 0 Å². The summed E-state index contributed by atoms with van der Waals surface area (Å²) in [6, 6.07) is 4.04. The molecule has 0 bridgehead atoms. The van der Waals surface area contributed by atoms with Crippen molar-refractivity contribution < 1.29 is 13.5 Å². The molecule has 29 heavy (non-hydrogen) atoms. The molecule has 4 rings (SSSR count). The largest absolute Gasteiger partial charge is 0.373 e. The number of anilines is 1. The monoisotopic (exact) mass is 402 g/mol. The molecule has 9 heteroatoms. The van der Waals surface area contributed by atoms with Gasteiger partial charge in [-0.3, -0.25) is 0 Å². The van der Waals surface area contributed by atoms with E-state index in [9.17, 15) is 8.78 Å². The standard InChI is InChI=1S/C20H24F2N6O/c1-29-20(7-6-17(9-15(20)11-23)28-13-24-25-26-28)14-3-2-8-27(12-14)16-4-5-18(21)19(22)10-16/h4-7,9-10,13-15H,2-3,8,11-12,23H2,1H3. The van der Waals surface area contributed by atoms with Crippen LogP contribution in [0, 0.1) is 23.5 Å². The van der Waals surface area contributed by atoms with Crippen LogP contribution < -0.4 is 10.6 Å². The highest BCUT2D eigenvalue weighted by atomic mass is 19.2.